The minimum atomic E-state index is 0.345. The molecule has 160 valence electrons. The molecule has 2 rings (SSSR count). The molecule has 1 heterocycles. The van der Waals surface area contributed by atoms with E-state index in [1.165, 1.54) is 12.8 Å². The third kappa shape index (κ3) is 7.75. The van der Waals surface area contributed by atoms with Crippen molar-refractivity contribution in [3.63, 3.8) is 0 Å². The fourth-order valence-electron chi connectivity index (χ4n) is 2.96. The molecule has 0 spiro atoms. The lowest BCUT2D eigenvalue weighted by Gasteiger charge is -2.19. The first-order valence-corrected chi connectivity index (χ1v) is 10.4. The van der Waals surface area contributed by atoms with E-state index in [-0.39, 0.29) is 0 Å². The standard InChI is InChI=1S/C22H36N6O/c1-16(2)8-7-9-17(3)25-22(24-15-21-27-26-18(4)28(21)5)23-14-19-10-12-20(29-6)13-11-19/h10-13,16-17H,7-9,14-15H2,1-6H3,(H2,23,24,25). The molecule has 0 fully saturated rings. The molecule has 0 aliphatic heterocycles. The van der Waals surface area contributed by atoms with Crippen LogP contribution >= 0.6 is 0 Å². The van der Waals surface area contributed by atoms with Gasteiger partial charge in [-0.3, -0.25) is 0 Å². The monoisotopic (exact) mass is 400 g/mol. The van der Waals surface area contributed by atoms with Gasteiger partial charge in [0.15, 0.2) is 11.8 Å². The molecule has 0 saturated carbocycles. The second-order valence-electron chi connectivity index (χ2n) is 7.96. The summed E-state index contributed by atoms with van der Waals surface area (Å²) in [6.07, 6.45) is 3.57. The van der Waals surface area contributed by atoms with Gasteiger partial charge in [0.1, 0.15) is 11.6 Å². The van der Waals surface area contributed by atoms with Crippen molar-refractivity contribution in [2.45, 2.75) is 66.1 Å². The molecule has 0 bridgehead atoms. The van der Waals surface area contributed by atoms with Crippen LogP contribution in [0.3, 0.4) is 0 Å². The van der Waals surface area contributed by atoms with E-state index >= 15 is 0 Å². The molecule has 29 heavy (non-hydrogen) atoms. The summed E-state index contributed by atoms with van der Waals surface area (Å²) in [7, 11) is 3.65. The number of benzene rings is 1. The average Bonchev–Trinajstić information content (AvgIpc) is 3.02. The van der Waals surface area contributed by atoms with E-state index in [0.29, 0.717) is 19.1 Å². The van der Waals surface area contributed by atoms with Crippen LogP contribution in [0.1, 0.15) is 57.2 Å². The topological polar surface area (TPSA) is 76.4 Å². The Hall–Kier alpha value is -2.57. The Morgan fingerprint density at radius 1 is 1.14 bits per heavy atom. The number of rotatable bonds is 10. The maximum Gasteiger partial charge on any atom is 0.192 e. The van der Waals surface area contributed by atoms with Gasteiger partial charge < -0.3 is 19.9 Å². The average molecular weight is 401 g/mol. The summed E-state index contributed by atoms with van der Waals surface area (Å²) in [5, 5.41) is 15.3. The predicted octanol–water partition coefficient (Wildman–Crippen LogP) is 3.58. The highest BCUT2D eigenvalue weighted by molar-refractivity contribution is 5.80. The summed E-state index contributed by atoms with van der Waals surface area (Å²) in [6.45, 7) is 9.86. The number of hydrogen-bond donors (Lipinski definition) is 2. The zero-order chi connectivity index (χ0) is 21.2. The van der Waals surface area contributed by atoms with Crippen molar-refractivity contribution in [3.05, 3.63) is 41.5 Å². The van der Waals surface area contributed by atoms with Gasteiger partial charge in [-0.25, -0.2) is 4.99 Å². The molecule has 0 aliphatic rings. The summed E-state index contributed by atoms with van der Waals surface area (Å²) in [5.41, 5.74) is 1.13. The van der Waals surface area contributed by atoms with Gasteiger partial charge in [-0.15, -0.1) is 10.2 Å². The van der Waals surface area contributed by atoms with Gasteiger partial charge in [-0.1, -0.05) is 38.8 Å². The van der Waals surface area contributed by atoms with Crippen LogP contribution in [0.15, 0.2) is 29.3 Å². The quantitative estimate of drug-likeness (QED) is 0.471. The van der Waals surface area contributed by atoms with Gasteiger partial charge in [-0.05, 0) is 43.9 Å². The van der Waals surface area contributed by atoms with E-state index in [1.54, 1.807) is 7.11 Å². The lowest BCUT2D eigenvalue weighted by atomic mass is 10.0. The number of nitrogens with one attached hydrogen (secondary N) is 2. The zero-order valence-electron chi connectivity index (χ0n) is 18.7. The largest absolute Gasteiger partial charge is 0.497 e. The Bertz CT molecular complexity index is 766. The smallest absolute Gasteiger partial charge is 0.192 e. The van der Waals surface area contributed by atoms with E-state index in [1.807, 2.05) is 42.8 Å². The first-order chi connectivity index (χ1) is 13.9. The maximum atomic E-state index is 5.23. The minimum absolute atomic E-state index is 0.345. The highest BCUT2D eigenvalue weighted by Crippen LogP contribution is 2.12. The van der Waals surface area contributed by atoms with Crippen molar-refractivity contribution in [1.29, 1.82) is 0 Å². The predicted molar refractivity (Wildman–Crippen MR) is 118 cm³/mol. The Labute approximate surface area is 175 Å². The number of hydrogen-bond acceptors (Lipinski definition) is 4. The van der Waals surface area contributed by atoms with Crippen molar-refractivity contribution in [3.8, 4) is 5.75 Å². The van der Waals surface area contributed by atoms with Gasteiger partial charge in [0.25, 0.3) is 0 Å². The van der Waals surface area contributed by atoms with Crippen LogP contribution in [-0.4, -0.2) is 33.9 Å². The van der Waals surface area contributed by atoms with E-state index < -0.39 is 0 Å². The minimum Gasteiger partial charge on any atom is -0.497 e. The second kappa shape index (κ2) is 11.4. The number of nitrogens with zero attached hydrogens (tertiary/aromatic N) is 4. The van der Waals surface area contributed by atoms with E-state index in [2.05, 4.69) is 41.6 Å². The van der Waals surface area contributed by atoms with E-state index in [4.69, 9.17) is 9.73 Å². The first kappa shape index (κ1) is 22.7. The van der Waals surface area contributed by atoms with Crippen molar-refractivity contribution in [2.75, 3.05) is 7.11 Å². The fraction of sp³-hybridized carbons (Fsp3) is 0.591. The van der Waals surface area contributed by atoms with Gasteiger partial charge in [0.2, 0.25) is 0 Å². The number of aryl methyl sites for hydroxylation is 1. The summed E-state index contributed by atoms with van der Waals surface area (Å²) in [4.78, 5) is 4.78. The fourth-order valence-corrected chi connectivity index (χ4v) is 2.96. The molecule has 0 radical (unpaired) electrons. The number of aromatic nitrogens is 3. The van der Waals surface area contributed by atoms with Crippen molar-refractivity contribution < 1.29 is 4.74 Å². The molecule has 0 saturated heterocycles. The number of ether oxygens (including phenoxy) is 1. The highest BCUT2D eigenvalue weighted by atomic mass is 16.5. The number of methoxy groups -OCH3 is 1. The van der Waals surface area contributed by atoms with Crippen LogP contribution in [0.25, 0.3) is 0 Å². The Morgan fingerprint density at radius 3 is 2.45 bits per heavy atom. The molecule has 1 aromatic heterocycles. The summed E-state index contributed by atoms with van der Waals surface area (Å²) < 4.78 is 7.21. The van der Waals surface area contributed by atoms with Gasteiger partial charge in [0.05, 0.1) is 20.2 Å². The molecule has 1 atom stereocenters. The third-order valence-corrected chi connectivity index (χ3v) is 4.98. The lowest BCUT2D eigenvalue weighted by molar-refractivity contribution is 0.414. The molecular weight excluding hydrogens is 364 g/mol. The van der Waals surface area contributed by atoms with E-state index in [9.17, 15) is 0 Å². The molecule has 1 unspecified atom stereocenters. The highest BCUT2D eigenvalue weighted by Gasteiger charge is 2.09. The number of guanidine groups is 1. The molecule has 0 amide bonds. The van der Waals surface area contributed by atoms with E-state index in [0.717, 1.165) is 41.3 Å². The van der Waals surface area contributed by atoms with Gasteiger partial charge >= 0.3 is 0 Å². The van der Waals surface area contributed by atoms with Crippen LogP contribution in [0.2, 0.25) is 0 Å². The SMILES string of the molecule is COc1ccc(CN=C(NCc2nnc(C)n2C)NC(C)CCCC(C)C)cc1. The summed E-state index contributed by atoms with van der Waals surface area (Å²) >= 11 is 0. The van der Waals surface area contributed by atoms with Crippen LogP contribution < -0.4 is 15.4 Å². The van der Waals surface area contributed by atoms with Crippen LogP contribution in [0.5, 0.6) is 5.75 Å². The Balaban J connectivity index is 2.00. The molecule has 7 nitrogen and oxygen atoms in total. The molecule has 7 heteroatoms. The normalized spacial score (nSPS) is 12.9. The van der Waals surface area contributed by atoms with Crippen LogP contribution in [0.4, 0.5) is 0 Å². The first-order valence-electron chi connectivity index (χ1n) is 10.4. The third-order valence-electron chi connectivity index (χ3n) is 4.98. The van der Waals surface area contributed by atoms with Gasteiger partial charge in [-0.2, -0.15) is 0 Å². The van der Waals surface area contributed by atoms with Crippen LogP contribution in [0, 0.1) is 12.8 Å². The molecular formula is C22H36N6O. The van der Waals surface area contributed by atoms with Crippen molar-refractivity contribution in [1.82, 2.24) is 25.4 Å². The van der Waals surface area contributed by atoms with Crippen LogP contribution in [-0.2, 0) is 20.1 Å². The maximum absolute atomic E-state index is 5.23. The lowest BCUT2D eigenvalue weighted by Crippen LogP contribution is -2.42. The molecule has 2 N–H and O–H groups in total. The van der Waals surface area contributed by atoms with Crippen molar-refractivity contribution in [2.24, 2.45) is 18.0 Å². The van der Waals surface area contributed by atoms with Crippen molar-refractivity contribution >= 4 is 5.96 Å². The second-order valence-corrected chi connectivity index (χ2v) is 7.96. The summed E-state index contributed by atoms with van der Waals surface area (Å²) in [5.74, 6) is 4.16. The molecule has 1 aromatic carbocycles. The summed E-state index contributed by atoms with van der Waals surface area (Å²) in [6, 6.07) is 8.35. The Morgan fingerprint density at radius 2 is 1.86 bits per heavy atom. The zero-order valence-corrected chi connectivity index (χ0v) is 18.7. The molecule has 0 aliphatic carbocycles. The Kier molecular flexibility index (Phi) is 8.96. The number of aliphatic imine (C=N–C) groups is 1. The van der Waals surface area contributed by atoms with Gasteiger partial charge in [0, 0.05) is 13.1 Å². The molecule has 2 aromatic rings.